The zero-order chi connectivity index (χ0) is 26.7. The lowest BCUT2D eigenvalue weighted by Gasteiger charge is -2.23. The Balaban J connectivity index is 1.47. The van der Waals surface area contributed by atoms with E-state index in [1.54, 1.807) is 12.1 Å². The predicted molar refractivity (Wildman–Crippen MR) is 132 cm³/mol. The summed E-state index contributed by atoms with van der Waals surface area (Å²) in [7, 11) is 1.50. The number of aromatic nitrogens is 3. The number of hydrogen-bond acceptors (Lipinski definition) is 7. The highest BCUT2D eigenvalue weighted by Gasteiger charge is 2.40. The molecule has 0 aliphatic carbocycles. The van der Waals surface area contributed by atoms with E-state index in [2.05, 4.69) is 20.6 Å². The molecule has 1 saturated heterocycles. The molecule has 0 spiro atoms. The van der Waals surface area contributed by atoms with Crippen molar-refractivity contribution >= 4 is 41.0 Å². The summed E-state index contributed by atoms with van der Waals surface area (Å²) in [5.41, 5.74) is -0.205. The zero-order valence-electron chi connectivity index (χ0n) is 19.5. The van der Waals surface area contributed by atoms with Crippen LogP contribution in [0.25, 0.3) is 5.69 Å². The second kappa shape index (κ2) is 10.7. The molecule has 14 heteroatoms. The van der Waals surface area contributed by atoms with Crippen LogP contribution in [0.2, 0.25) is 5.02 Å². The van der Waals surface area contributed by atoms with Crippen molar-refractivity contribution in [3.05, 3.63) is 63.8 Å². The van der Waals surface area contributed by atoms with Crippen LogP contribution in [0.15, 0.2) is 47.4 Å². The standard InChI is InChI=1S/C23H23ClN6O7/c1-37-15-8-17(29(11-15)22(35)28-18-7-2-12(24)10-25-18)20(33)26-13-3-5-14(6-4-13)30-21(34)16(9-19(31)32)27-23(30)36/h2-7,10,15,17,34H,8-9,11H2,1H3,(H,26,33)(H,27,36)(H,31,32)(H,25,28,35)/t15?,17-/m1/s1. The molecule has 194 valence electrons. The number of carboxylic acid groups (broad SMARTS) is 1. The summed E-state index contributed by atoms with van der Waals surface area (Å²) in [4.78, 5) is 56.8. The number of methoxy groups -OCH3 is 1. The number of aromatic hydroxyl groups is 1. The molecule has 1 aliphatic heterocycles. The minimum Gasteiger partial charge on any atom is -0.493 e. The Labute approximate surface area is 214 Å². The molecule has 3 heterocycles. The summed E-state index contributed by atoms with van der Waals surface area (Å²) < 4.78 is 6.29. The second-order valence-corrected chi connectivity index (χ2v) is 8.66. The number of benzene rings is 1. The molecule has 4 rings (SSSR count). The fourth-order valence-electron chi connectivity index (χ4n) is 3.98. The molecular formula is C23H23ClN6O7. The number of urea groups is 1. The van der Waals surface area contributed by atoms with Gasteiger partial charge in [-0.25, -0.2) is 19.1 Å². The van der Waals surface area contributed by atoms with Crippen LogP contribution in [-0.4, -0.2) is 73.4 Å². The number of aliphatic carboxylic acids is 1. The molecule has 3 amide bonds. The Morgan fingerprint density at radius 2 is 1.92 bits per heavy atom. The van der Waals surface area contributed by atoms with Crippen molar-refractivity contribution in [2.45, 2.75) is 25.0 Å². The average molecular weight is 531 g/mol. The predicted octanol–water partition coefficient (Wildman–Crippen LogP) is 1.81. The Hall–Kier alpha value is -4.36. The number of carbonyl (C=O) groups is 3. The lowest BCUT2D eigenvalue weighted by Crippen LogP contribution is -2.45. The number of H-pyrrole nitrogens is 1. The maximum absolute atomic E-state index is 13.1. The van der Waals surface area contributed by atoms with Crippen molar-refractivity contribution in [1.29, 1.82) is 0 Å². The van der Waals surface area contributed by atoms with E-state index in [4.69, 9.17) is 21.4 Å². The summed E-state index contributed by atoms with van der Waals surface area (Å²) in [5.74, 6) is -1.90. The Kier molecular flexibility index (Phi) is 7.45. The number of aromatic amines is 1. The average Bonchev–Trinajstić information content (AvgIpc) is 3.42. The molecule has 2 atom stereocenters. The molecule has 1 aromatic carbocycles. The van der Waals surface area contributed by atoms with Gasteiger partial charge in [0.1, 0.15) is 11.9 Å². The van der Waals surface area contributed by atoms with Gasteiger partial charge in [0.15, 0.2) is 0 Å². The molecule has 1 fully saturated rings. The number of carbonyl (C=O) groups excluding carboxylic acids is 2. The maximum atomic E-state index is 13.1. The van der Waals surface area contributed by atoms with Crippen LogP contribution in [-0.2, 0) is 20.7 Å². The van der Waals surface area contributed by atoms with Gasteiger partial charge in [-0.05, 0) is 36.4 Å². The van der Waals surface area contributed by atoms with Crippen LogP contribution in [0.1, 0.15) is 12.1 Å². The molecule has 0 saturated carbocycles. The van der Waals surface area contributed by atoms with Gasteiger partial charge in [-0.15, -0.1) is 0 Å². The molecule has 3 aromatic rings. The second-order valence-electron chi connectivity index (χ2n) is 8.23. The highest BCUT2D eigenvalue weighted by atomic mass is 35.5. The zero-order valence-corrected chi connectivity index (χ0v) is 20.2. The van der Waals surface area contributed by atoms with E-state index >= 15 is 0 Å². The molecule has 1 unspecified atom stereocenters. The SMILES string of the molecule is COC1C[C@H](C(=O)Nc2ccc(-n3c(O)c(CC(=O)O)[nH]c3=O)cc2)N(C(=O)Nc2ccc(Cl)cn2)C1. The Bertz CT molecular complexity index is 1370. The lowest BCUT2D eigenvalue weighted by molar-refractivity contribution is -0.136. The van der Waals surface area contributed by atoms with Gasteiger partial charge < -0.3 is 30.2 Å². The number of pyridine rings is 1. The molecule has 2 aromatic heterocycles. The normalized spacial score (nSPS) is 17.0. The van der Waals surface area contributed by atoms with E-state index in [0.29, 0.717) is 10.7 Å². The number of anilines is 2. The van der Waals surface area contributed by atoms with E-state index in [1.807, 2.05) is 0 Å². The Morgan fingerprint density at radius 1 is 1.19 bits per heavy atom. The summed E-state index contributed by atoms with van der Waals surface area (Å²) in [6.07, 6.45) is 0.775. The van der Waals surface area contributed by atoms with Crippen molar-refractivity contribution < 1.29 is 29.3 Å². The largest absolute Gasteiger partial charge is 0.493 e. The number of carboxylic acids is 1. The quantitative estimate of drug-likeness (QED) is 0.307. The van der Waals surface area contributed by atoms with Crippen molar-refractivity contribution in [2.24, 2.45) is 0 Å². The van der Waals surface area contributed by atoms with Gasteiger partial charge in [0.2, 0.25) is 11.8 Å². The Morgan fingerprint density at radius 3 is 2.54 bits per heavy atom. The van der Waals surface area contributed by atoms with Crippen molar-refractivity contribution in [3.8, 4) is 11.6 Å². The van der Waals surface area contributed by atoms with E-state index in [-0.39, 0.29) is 36.3 Å². The fraction of sp³-hybridized carbons (Fsp3) is 0.261. The number of nitrogens with one attached hydrogen (secondary N) is 3. The third-order valence-corrected chi connectivity index (χ3v) is 6.01. The van der Waals surface area contributed by atoms with Gasteiger partial charge in [0.05, 0.1) is 28.9 Å². The highest BCUT2D eigenvalue weighted by molar-refractivity contribution is 6.30. The van der Waals surface area contributed by atoms with Gasteiger partial charge in [-0.2, -0.15) is 0 Å². The smallest absolute Gasteiger partial charge is 0.333 e. The molecule has 1 aliphatic rings. The first kappa shape index (κ1) is 25.7. The highest BCUT2D eigenvalue weighted by Crippen LogP contribution is 2.24. The number of halogens is 1. The van der Waals surface area contributed by atoms with Crippen molar-refractivity contribution in [3.63, 3.8) is 0 Å². The lowest BCUT2D eigenvalue weighted by atomic mass is 10.1. The van der Waals surface area contributed by atoms with Gasteiger partial charge in [-0.3, -0.25) is 14.9 Å². The van der Waals surface area contributed by atoms with Gasteiger partial charge in [0.25, 0.3) is 0 Å². The number of rotatable bonds is 7. The first-order valence-electron chi connectivity index (χ1n) is 11.0. The summed E-state index contributed by atoms with van der Waals surface area (Å²) in [6, 6.07) is 7.72. The van der Waals surface area contributed by atoms with E-state index in [1.165, 1.54) is 42.5 Å². The number of ether oxygens (including phenoxy) is 1. The van der Waals surface area contributed by atoms with Crippen LogP contribution in [0, 0.1) is 0 Å². The van der Waals surface area contributed by atoms with Gasteiger partial charge in [-0.1, -0.05) is 11.6 Å². The van der Waals surface area contributed by atoms with Crippen LogP contribution in [0.4, 0.5) is 16.3 Å². The number of nitrogens with zero attached hydrogens (tertiary/aromatic N) is 3. The maximum Gasteiger partial charge on any atom is 0.333 e. The number of imidazole rings is 1. The summed E-state index contributed by atoms with van der Waals surface area (Å²) in [5, 5.41) is 25.0. The first-order chi connectivity index (χ1) is 17.7. The van der Waals surface area contributed by atoms with Gasteiger partial charge in [0, 0.05) is 32.0 Å². The van der Waals surface area contributed by atoms with E-state index in [9.17, 15) is 24.3 Å². The van der Waals surface area contributed by atoms with Crippen LogP contribution in [0.5, 0.6) is 5.88 Å². The van der Waals surface area contributed by atoms with Gasteiger partial charge >= 0.3 is 17.7 Å². The van der Waals surface area contributed by atoms with E-state index < -0.39 is 41.9 Å². The molecule has 0 bridgehead atoms. The van der Waals surface area contributed by atoms with Crippen molar-refractivity contribution in [1.82, 2.24) is 19.4 Å². The monoisotopic (exact) mass is 530 g/mol. The molecular weight excluding hydrogens is 508 g/mol. The minimum absolute atomic E-state index is 0.129. The molecule has 5 N–H and O–H groups in total. The first-order valence-corrected chi connectivity index (χ1v) is 11.4. The van der Waals surface area contributed by atoms with E-state index in [0.717, 1.165) is 4.57 Å². The van der Waals surface area contributed by atoms with Crippen LogP contribution >= 0.6 is 11.6 Å². The molecule has 13 nitrogen and oxygen atoms in total. The summed E-state index contributed by atoms with van der Waals surface area (Å²) in [6.45, 7) is 0.196. The van der Waals surface area contributed by atoms with Crippen LogP contribution < -0.4 is 16.3 Å². The molecule has 37 heavy (non-hydrogen) atoms. The minimum atomic E-state index is -1.21. The number of likely N-dealkylation sites (tertiary alicyclic amines) is 1. The van der Waals surface area contributed by atoms with Crippen LogP contribution in [0.3, 0.4) is 0 Å². The number of amides is 3. The summed E-state index contributed by atoms with van der Waals surface area (Å²) >= 11 is 5.83. The number of hydrogen-bond donors (Lipinski definition) is 5. The van der Waals surface area contributed by atoms with Crippen molar-refractivity contribution in [2.75, 3.05) is 24.3 Å². The fourth-order valence-corrected chi connectivity index (χ4v) is 4.09. The topological polar surface area (TPSA) is 179 Å². The third-order valence-electron chi connectivity index (χ3n) is 5.79. The third kappa shape index (κ3) is 5.73. The molecule has 0 radical (unpaired) electrons.